The van der Waals surface area contributed by atoms with E-state index in [1.807, 2.05) is 24.3 Å². The summed E-state index contributed by atoms with van der Waals surface area (Å²) < 4.78 is 27.3. The predicted molar refractivity (Wildman–Crippen MR) is 73.5 cm³/mol. The Labute approximate surface area is 117 Å². The zero-order valence-electron chi connectivity index (χ0n) is 9.75. The van der Waals surface area contributed by atoms with Gasteiger partial charge in [-0.05, 0) is 27.6 Å². The van der Waals surface area contributed by atoms with Gasteiger partial charge in [-0.25, -0.2) is 8.78 Å². The van der Waals surface area contributed by atoms with Crippen LogP contribution in [0.5, 0.6) is 0 Å². The number of anilines is 1. The first-order valence-electron chi connectivity index (χ1n) is 5.67. The molecule has 0 bridgehead atoms. The van der Waals surface area contributed by atoms with Crippen LogP contribution in [0.25, 0.3) is 0 Å². The molecule has 0 atom stereocenters. The van der Waals surface area contributed by atoms with E-state index >= 15 is 0 Å². The van der Waals surface area contributed by atoms with Gasteiger partial charge in [0, 0.05) is 11.6 Å². The van der Waals surface area contributed by atoms with E-state index in [1.54, 1.807) is 0 Å². The minimum Gasteiger partial charge on any atom is -0.319 e. The monoisotopic (exact) mass is 322 g/mol. The predicted octanol–water partition coefficient (Wildman–Crippen LogP) is 4.07. The lowest BCUT2D eigenvalue weighted by molar-refractivity contribution is 0.578. The van der Waals surface area contributed by atoms with Gasteiger partial charge in [0.15, 0.2) is 0 Å². The SMILES string of the molecule is N=C1c2ccccc2CN1c1cc(Br)c(F)cc1F. The number of amidine groups is 1. The molecule has 0 spiro atoms. The molecular weight excluding hydrogens is 314 g/mol. The number of fused-ring (bicyclic) bond motifs is 1. The summed E-state index contributed by atoms with van der Waals surface area (Å²) in [5.41, 5.74) is 1.95. The smallest absolute Gasteiger partial charge is 0.149 e. The van der Waals surface area contributed by atoms with Crippen LogP contribution in [0.15, 0.2) is 40.9 Å². The molecule has 2 aromatic carbocycles. The number of nitrogens with zero attached hydrogens (tertiary/aromatic N) is 1. The number of hydrogen-bond donors (Lipinski definition) is 1. The van der Waals surface area contributed by atoms with Crippen molar-refractivity contribution in [1.82, 2.24) is 0 Å². The summed E-state index contributed by atoms with van der Waals surface area (Å²) in [5, 5.41) is 8.10. The molecule has 3 rings (SSSR count). The molecule has 19 heavy (non-hydrogen) atoms. The van der Waals surface area contributed by atoms with Crippen molar-refractivity contribution in [2.45, 2.75) is 6.54 Å². The van der Waals surface area contributed by atoms with Crippen LogP contribution in [0.4, 0.5) is 14.5 Å². The lowest BCUT2D eigenvalue weighted by atomic mass is 10.1. The van der Waals surface area contributed by atoms with Crippen molar-refractivity contribution in [2.24, 2.45) is 0 Å². The first-order chi connectivity index (χ1) is 9.08. The maximum atomic E-state index is 13.9. The maximum absolute atomic E-state index is 13.9. The lowest BCUT2D eigenvalue weighted by Crippen LogP contribution is -2.24. The Bertz CT molecular complexity index is 685. The molecule has 5 heteroatoms. The molecule has 0 radical (unpaired) electrons. The van der Waals surface area contributed by atoms with Crippen molar-refractivity contribution < 1.29 is 8.78 Å². The molecule has 1 aliphatic heterocycles. The van der Waals surface area contributed by atoms with Gasteiger partial charge in [-0.1, -0.05) is 24.3 Å². The minimum absolute atomic E-state index is 0.188. The highest BCUT2D eigenvalue weighted by Gasteiger charge is 2.27. The minimum atomic E-state index is -0.668. The topological polar surface area (TPSA) is 27.1 Å². The fraction of sp³-hybridized carbons (Fsp3) is 0.0714. The molecule has 0 unspecified atom stereocenters. The molecule has 0 saturated carbocycles. The van der Waals surface area contributed by atoms with Crippen molar-refractivity contribution in [2.75, 3.05) is 4.90 Å². The molecule has 0 saturated heterocycles. The number of rotatable bonds is 1. The maximum Gasteiger partial charge on any atom is 0.149 e. The fourth-order valence-corrected chi connectivity index (χ4v) is 2.54. The van der Waals surface area contributed by atoms with E-state index in [4.69, 9.17) is 5.41 Å². The van der Waals surface area contributed by atoms with Crippen molar-refractivity contribution >= 4 is 27.5 Å². The molecule has 0 aliphatic carbocycles. The van der Waals surface area contributed by atoms with Crippen LogP contribution >= 0.6 is 15.9 Å². The molecule has 0 fully saturated rings. The Hall–Kier alpha value is -1.75. The van der Waals surface area contributed by atoms with Crippen LogP contribution in [0, 0.1) is 17.0 Å². The lowest BCUT2D eigenvalue weighted by Gasteiger charge is -2.19. The van der Waals surface area contributed by atoms with Crippen LogP contribution < -0.4 is 4.90 Å². The summed E-state index contributed by atoms with van der Waals surface area (Å²) in [4.78, 5) is 1.53. The summed E-state index contributed by atoms with van der Waals surface area (Å²) in [7, 11) is 0. The normalized spacial score (nSPS) is 13.8. The Morgan fingerprint density at radius 1 is 1.11 bits per heavy atom. The van der Waals surface area contributed by atoms with Crippen LogP contribution in [-0.2, 0) is 6.54 Å². The van der Waals surface area contributed by atoms with Gasteiger partial charge in [0.05, 0.1) is 16.7 Å². The third-order valence-corrected chi connectivity index (χ3v) is 3.76. The molecule has 0 amide bonds. The summed E-state index contributed by atoms with van der Waals surface area (Å²) in [6.45, 7) is 0.421. The van der Waals surface area contributed by atoms with Crippen molar-refractivity contribution in [3.05, 3.63) is 63.6 Å². The zero-order valence-corrected chi connectivity index (χ0v) is 11.3. The molecule has 1 aliphatic rings. The number of benzene rings is 2. The van der Waals surface area contributed by atoms with E-state index in [1.165, 1.54) is 11.0 Å². The molecule has 1 heterocycles. The highest BCUT2D eigenvalue weighted by atomic mass is 79.9. The van der Waals surface area contributed by atoms with E-state index in [0.29, 0.717) is 6.54 Å². The van der Waals surface area contributed by atoms with E-state index in [9.17, 15) is 8.78 Å². The van der Waals surface area contributed by atoms with Crippen LogP contribution in [-0.4, -0.2) is 5.84 Å². The largest absolute Gasteiger partial charge is 0.319 e. The quantitative estimate of drug-likeness (QED) is 0.787. The molecule has 96 valence electrons. The third-order valence-electron chi connectivity index (χ3n) is 3.15. The average Bonchev–Trinajstić information content (AvgIpc) is 2.72. The van der Waals surface area contributed by atoms with Gasteiger partial charge in [0.25, 0.3) is 0 Å². The van der Waals surface area contributed by atoms with Crippen molar-refractivity contribution in [3.8, 4) is 0 Å². The second-order valence-electron chi connectivity index (χ2n) is 4.31. The van der Waals surface area contributed by atoms with Gasteiger partial charge in [0.2, 0.25) is 0 Å². The fourth-order valence-electron chi connectivity index (χ4n) is 2.21. The Balaban J connectivity index is 2.07. The molecule has 0 aromatic heterocycles. The number of halogens is 3. The molecule has 2 aromatic rings. The number of nitrogens with one attached hydrogen (secondary N) is 1. The number of hydrogen-bond acceptors (Lipinski definition) is 1. The highest BCUT2D eigenvalue weighted by molar-refractivity contribution is 9.10. The first kappa shape index (κ1) is 12.3. The molecule has 2 nitrogen and oxygen atoms in total. The molecular formula is C14H9BrF2N2. The van der Waals surface area contributed by atoms with Gasteiger partial charge >= 0.3 is 0 Å². The first-order valence-corrected chi connectivity index (χ1v) is 6.46. The van der Waals surface area contributed by atoms with E-state index in [0.717, 1.165) is 17.2 Å². The summed E-state index contributed by atoms with van der Waals surface area (Å²) in [5.74, 6) is -1.09. The average molecular weight is 323 g/mol. The van der Waals surface area contributed by atoms with Crippen LogP contribution in [0.2, 0.25) is 0 Å². The zero-order chi connectivity index (χ0) is 13.6. The second-order valence-corrected chi connectivity index (χ2v) is 5.16. The van der Waals surface area contributed by atoms with E-state index in [2.05, 4.69) is 15.9 Å². The van der Waals surface area contributed by atoms with Gasteiger partial charge < -0.3 is 4.90 Å². The van der Waals surface area contributed by atoms with Gasteiger partial charge in [-0.2, -0.15) is 0 Å². The van der Waals surface area contributed by atoms with Gasteiger partial charge in [0.1, 0.15) is 17.5 Å². The van der Waals surface area contributed by atoms with E-state index < -0.39 is 11.6 Å². The Morgan fingerprint density at radius 2 is 1.84 bits per heavy atom. The third kappa shape index (κ3) is 1.94. The van der Waals surface area contributed by atoms with E-state index in [-0.39, 0.29) is 16.0 Å². The Morgan fingerprint density at radius 3 is 2.58 bits per heavy atom. The van der Waals surface area contributed by atoms with Gasteiger partial charge in [-0.15, -0.1) is 0 Å². The standard InChI is InChI=1S/C14H9BrF2N2/c15-10-5-13(12(17)6-11(10)16)19-7-8-3-1-2-4-9(8)14(19)18/h1-6,18H,7H2. The van der Waals surface area contributed by atoms with Crippen LogP contribution in [0.3, 0.4) is 0 Å². The van der Waals surface area contributed by atoms with Crippen molar-refractivity contribution in [3.63, 3.8) is 0 Å². The second kappa shape index (κ2) is 4.42. The van der Waals surface area contributed by atoms with Crippen molar-refractivity contribution in [1.29, 1.82) is 5.41 Å². The summed E-state index contributed by atoms with van der Waals surface area (Å²) in [6.07, 6.45) is 0. The van der Waals surface area contributed by atoms with Crippen LogP contribution in [0.1, 0.15) is 11.1 Å². The highest BCUT2D eigenvalue weighted by Crippen LogP contribution is 2.32. The Kier molecular flexibility index (Phi) is 2.86. The summed E-state index contributed by atoms with van der Waals surface area (Å²) >= 11 is 3.04. The van der Waals surface area contributed by atoms with Gasteiger partial charge in [-0.3, -0.25) is 5.41 Å². The summed E-state index contributed by atoms with van der Waals surface area (Å²) in [6, 6.07) is 9.65. The molecule has 1 N–H and O–H groups in total.